The van der Waals surface area contributed by atoms with Crippen LogP contribution < -0.4 is 11.0 Å². The average molecular weight is 407 g/mol. The minimum Gasteiger partial charge on any atom is -0.366 e. The first kappa shape index (κ1) is 19.9. The van der Waals surface area contributed by atoms with Crippen molar-refractivity contribution in [3.63, 3.8) is 0 Å². The predicted octanol–water partition coefficient (Wildman–Crippen LogP) is 3.30. The number of nitrogens with one attached hydrogen (secondary N) is 1. The van der Waals surface area contributed by atoms with Gasteiger partial charge in [-0.1, -0.05) is 25.5 Å². The molecule has 156 valence electrons. The van der Waals surface area contributed by atoms with Gasteiger partial charge in [-0.2, -0.15) is 0 Å². The molecular formula is C22H25N5O3. The van der Waals surface area contributed by atoms with Gasteiger partial charge >= 0.3 is 5.69 Å². The smallest absolute Gasteiger partial charge is 0.329 e. The molecule has 1 atom stereocenters. The molecule has 0 bridgehead atoms. The van der Waals surface area contributed by atoms with Crippen LogP contribution in [-0.4, -0.2) is 32.5 Å². The molecular weight excluding hydrogens is 382 g/mol. The lowest BCUT2D eigenvalue weighted by Crippen LogP contribution is -2.27. The molecule has 30 heavy (non-hydrogen) atoms. The molecule has 1 unspecified atom stereocenters. The van der Waals surface area contributed by atoms with E-state index in [-0.39, 0.29) is 11.4 Å². The van der Waals surface area contributed by atoms with Crippen LogP contribution in [0.25, 0.3) is 11.0 Å². The number of hydrogen-bond acceptors (Lipinski definition) is 5. The quantitative estimate of drug-likeness (QED) is 0.480. The van der Waals surface area contributed by atoms with Crippen LogP contribution in [0, 0.1) is 10.1 Å². The fraction of sp³-hybridized carbons (Fsp3) is 0.364. The zero-order chi connectivity index (χ0) is 21.3. The molecule has 1 aliphatic heterocycles. The van der Waals surface area contributed by atoms with Crippen molar-refractivity contribution < 1.29 is 4.92 Å². The van der Waals surface area contributed by atoms with Gasteiger partial charge in [0, 0.05) is 30.3 Å². The third-order valence-corrected chi connectivity index (χ3v) is 5.42. The van der Waals surface area contributed by atoms with E-state index >= 15 is 0 Å². The molecule has 2 heterocycles. The summed E-state index contributed by atoms with van der Waals surface area (Å²) in [7, 11) is 0. The maximum Gasteiger partial charge on any atom is 0.329 e. The van der Waals surface area contributed by atoms with Crippen molar-refractivity contribution in [1.29, 1.82) is 0 Å². The first-order valence-corrected chi connectivity index (χ1v) is 10.3. The van der Waals surface area contributed by atoms with Crippen LogP contribution in [0.1, 0.15) is 37.8 Å². The third-order valence-electron chi connectivity index (χ3n) is 5.42. The SMILES string of the molecule is CCCCn1c(=O)n(Cc2ccc([N+](=O)[O-])cc2)c2cc(C3=NCC(C)N3)ccc21. The summed E-state index contributed by atoms with van der Waals surface area (Å²) in [6.07, 6.45) is 1.92. The Morgan fingerprint density at radius 3 is 2.57 bits per heavy atom. The highest BCUT2D eigenvalue weighted by molar-refractivity contribution is 6.02. The van der Waals surface area contributed by atoms with Crippen LogP contribution in [0.5, 0.6) is 0 Å². The van der Waals surface area contributed by atoms with Gasteiger partial charge in [-0.05, 0) is 37.1 Å². The molecule has 1 aliphatic rings. The normalized spacial score (nSPS) is 15.9. The second-order valence-electron chi connectivity index (χ2n) is 7.74. The summed E-state index contributed by atoms with van der Waals surface area (Å²) < 4.78 is 3.56. The van der Waals surface area contributed by atoms with Gasteiger partial charge in [0.05, 0.1) is 29.0 Å². The maximum absolute atomic E-state index is 13.2. The van der Waals surface area contributed by atoms with E-state index < -0.39 is 4.92 Å². The van der Waals surface area contributed by atoms with Gasteiger partial charge in [0.25, 0.3) is 5.69 Å². The summed E-state index contributed by atoms with van der Waals surface area (Å²) >= 11 is 0. The van der Waals surface area contributed by atoms with E-state index in [4.69, 9.17) is 0 Å². The van der Waals surface area contributed by atoms with E-state index in [0.717, 1.165) is 47.4 Å². The van der Waals surface area contributed by atoms with Crippen molar-refractivity contribution in [2.75, 3.05) is 6.54 Å². The molecule has 3 aromatic rings. The Hall–Kier alpha value is -3.42. The monoisotopic (exact) mass is 407 g/mol. The molecule has 1 aromatic heterocycles. The standard InChI is InChI=1S/C22H25N5O3/c1-3-4-11-25-19-10-7-17(21-23-13-15(2)24-21)12-20(19)26(22(25)28)14-16-5-8-18(9-6-16)27(29)30/h5-10,12,15H,3-4,11,13-14H2,1-2H3,(H,23,24). The van der Waals surface area contributed by atoms with Crippen LogP contribution >= 0.6 is 0 Å². The van der Waals surface area contributed by atoms with Gasteiger partial charge in [0.15, 0.2) is 0 Å². The van der Waals surface area contributed by atoms with Crippen molar-refractivity contribution in [3.05, 3.63) is 74.2 Å². The summed E-state index contributed by atoms with van der Waals surface area (Å²) in [5.74, 6) is 0.847. The summed E-state index contributed by atoms with van der Waals surface area (Å²) in [6, 6.07) is 12.6. The Bertz CT molecular complexity index is 1170. The predicted molar refractivity (Wildman–Crippen MR) is 117 cm³/mol. The van der Waals surface area contributed by atoms with Crippen LogP contribution in [0.3, 0.4) is 0 Å². The van der Waals surface area contributed by atoms with Crippen molar-refractivity contribution in [3.8, 4) is 0 Å². The first-order chi connectivity index (χ1) is 14.5. The van der Waals surface area contributed by atoms with E-state index in [1.54, 1.807) is 16.7 Å². The second kappa shape index (κ2) is 8.14. The van der Waals surface area contributed by atoms with Gasteiger partial charge in [0.2, 0.25) is 0 Å². The molecule has 4 rings (SSSR count). The highest BCUT2D eigenvalue weighted by Gasteiger charge is 2.18. The number of unbranched alkanes of at least 4 members (excludes halogenated alkanes) is 1. The summed E-state index contributed by atoms with van der Waals surface area (Å²) in [5, 5.41) is 14.3. The number of nitro benzene ring substituents is 1. The topological polar surface area (TPSA) is 94.5 Å². The van der Waals surface area contributed by atoms with Gasteiger partial charge in [-0.15, -0.1) is 0 Å². The third kappa shape index (κ3) is 3.72. The summed E-state index contributed by atoms with van der Waals surface area (Å²) in [4.78, 5) is 28.3. The number of aromatic nitrogens is 2. The highest BCUT2D eigenvalue weighted by Crippen LogP contribution is 2.20. The van der Waals surface area contributed by atoms with E-state index in [2.05, 4.69) is 24.2 Å². The lowest BCUT2D eigenvalue weighted by atomic mass is 10.1. The average Bonchev–Trinajstić information content (AvgIpc) is 3.28. The van der Waals surface area contributed by atoms with E-state index in [1.807, 2.05) is 22.8 Å². The number of rotatable bonds is 7. The second-order valence-corrected chi connectivity index (χ2v) is 7.74. The van der Waals surface area contributed by atoms with Crippen LogP contribution in [0.4, 0.5) is 5.69 Å². The Morgan fingerprint density at radius 2 is 1.93 bits per heavy atom. The van der Waals surface area contributed by atoms with Crippen molar-refractivity contribution >= 4 is 22.6 Å². The van der Waals surface area contributed by atoms with Gasteiger partial charge in [-0.3, -0.25) is 24.2 Å². The molecule has 0 radical (unpaired) electrons. The number of amidine groups is 1. The molecule has 0 saturated carbocycles. The molecule has 0 spiro atoms. The molecule has 1 N–H and O–H groups in total. The zero-order valence-electron chi connectivity index (χ0n) is 17.2. The van der Waals surface area contributed by atoms with Crippen molar-refractivity contribution in [2.24, 2.45) is 4.99 Å². The van der Waals surface area contributed by atoms with Crippen molar-refractivity contribution in [1.82, 2.24) is 14.5 Å². The number of imidazole rings is 1. The van der Waals surface area contributed by atoms with E-state index in [0.29, 0.717) is 19.1 Å². The number of nitrogens with zero attached hydrogens (tertiary/aromatic N) is 4. The highest BCUT2D eigenvalue weighted by atomic mass is 16.6. The molecule has 2 aromatic carbocycles. The number of nitro groups is 1. The maximum atomic E-state index is 13.2. The van der Waals surface area contributed by atoms with Gasteiger partial charge in [-0.25, -0.2) is 4.79 Å². The van der Waals surface area contributed by atoms with Crippen molar-refractivity contribution in [2.45, 2.75) is 45.8 Å². The summed E-state index contributed by atoms with van der Waals surface area (Å²) in [5.41, 5.74) is 3.51. The zero-order valence-corrected chi connectivity index (χ0v) is 17.2. The van der Waals surface area contributed by atoms with Gasteiger partial charge in [0.1, 0.15) is 5.84 Å². The molecule has 0 aliphatic carbocycles. The lowest BCUT2D eigenvalue weighted by molar-refractivity contribution is -0.384. The lowest BCUT2D eigenvalue weighted by Gasteiger charge is -2.08. The van der Waals surface area contributed by atoms with Crippen LogP contribution in [0.2, 0.25) is 0 Å². The number of aryl methyl sites for hydroxylation is 1. The van der Waals surface area contributed by atoms with Crippen LogP contribution in [0.15, 0.2) is 52.3 Å². The van der Waals surface area contributed by atoms with E-state index in [9.17, 15) is 14.9 Å². The fourth-order valence-electron chi connectivity index (χ4n) is 3.79. The molecule has 8 nitrogen and oxygen atoms in total. The molecule has 0 saturated heterocycles. The number of hydrogen-bond donors (Lipinski definition) is 1. The Morgan fingerprint density at radius 1 is 1.17 bits per heavy atom. The molecule has 0 fully saturated rings. The summed E-state index contributed by atoms with van der Waals surface area (Å²) in [6.45, 7) is 5.94. The Labute approximate surface area is 174 Å². The Balaban J connectivity index is 1.78. The largest absolute Gasteiger partial charge is 0.366 e. The first-order valence-electron chi connectivity index (χ1n) is 10.3. The minimum atomic E-state index is -0.421. The number of non-ortho nitro benzene ring substituents is 1. The minimum absolute atomic E-state index is 0.0400. The van der Waals surface area contributed by atoms with Gasteiger partial charge < -0.3 is 5.32 Å². The van der Waals surface area contributed by atoms with Crippen LogP contribution in [-0.2, 0) is 13.1 Å². The van der Waals surface area contributed by atoms with E-state index in [1.165, 1.54) is 12.1 Å². The molecule has 0 amide bonds. The fourth-order valence-corrected chi connectivity index (χ4v) is 3.79. The molecule has 8 heteroatoms. The number of benzene rings is 2. The number of aliphatic imine (C=N–C) groups is 1. The number of fused-ring (bicyclic) bond motifs is 1. The Kier molecular flexibility index (Phi) is 5.39.